The van der Waals surface area contributed by atoms with E-state index in [1.165, 1.54) is 30.7 Å². The van der Waals surface area contributed by atoms with E-state index in [1.807, 2.05) is 0 Å². The monoisotopic (exact) mass is 479 g/mol. The summed E-state index contributed by atoms with van der Waals surface area (Å²) in [5.41, 5.74) is 1.09. The van der Waals surface area contributed by atoms with Crippen LogP contribution >= 0.6 is 15.9 Å². The average molecular weight is 480 g/mol. The molecule has 152 valence electrons. The summed E-state index contributed by atoms with van der Waals surface area (Å²) in [4.78, 5) is -0.00852. The molecule has 0 aliphatic carbocycles. The second-order valence-corrected chi connectivity index (χ2v) is 8.82. The molecule has 0 N–H and O–H groups in total. The summed E-state index contributed by atoms with van der Waals surface area (Å²) in [7, 11) is -0.924. The van der Waals surface area contributed by atoms with E-state index >= 15 is 0 Å². The fourth-order valence-corrected chi connectivity index (χ4v) is 4.77. The molecule has 0 aliphatic heterocycles. The van der Waals surface area contributed by atoms with Crippen LogP contribution in [0.2, 0.25) is 0 Å². The number of benzene rings is 3. The van der Waals surface area contributed by atoms with Gasteiger partial charge in [0.1, 0.15) is 17.3 Å². The number of methoxy groups -OCH3 is 2. The number of rotatable bonds is 7. The van der Waals surface area contributed by atoms with Crippen molar-refractivity contribution in [3.63, 3.8) is 0 Å². The van der Waals surface area contributed by atoms with E-state index in [2.05, 4.69) is 15.9 Å². The molecule has 3 aromatic rings. The third-order valence-corrected chi connectivity index (χ3v) is 6.72. The third-order valence-electron chi connectivity index (χ3n) is 4.31. The van der Waals surface area contributed by atoms with Crippen molar-refractivity contribution in [1.29, 1.82) is 0 Å². The second-order valence-electron chi connectivity index (χ2n) is 6.10. The lowest BCUT2D eigenvalue weighted by atomic mass is 10.2. The Morgan fingerprint density at radius 2 is 1.55 bits per heavy atom. The van der Waals surface area contributed by atoms with Crippen LogP contribution in [0.4, 0.5) is 10.1 Å². The molecule has 0 radical (unpaired) electrons. The summed E-state index contributed by atoms with van der Waals surface area (Å²) >= 11 is 3.40. The van der Waals surface area contributed by atoms with Crippen LogP contribution < -0.4 is 13.8 Å². The fraction of sp³-hybridized carbons (Fsp3) is 0.143. The molecule has 3 rings (SSSR count). The lowest BCUT2D eigenvalue weighted by molar-refractivity contribution is 0.397. The molecule has 0 bridgehead atoms. The maximum absolute atomic E-state index is 13.4. The number of anilines is 1. The minimum Gasteiger partial charge on any atom is -0.496 e. The van der Waals surface area contributed by atoms with E-state index in [0.717, 1.165) is 12.1 Å². The first-order valence-corrected chi connectivity index (χ1v) is 10.8. The van der Waals surface area contributed by atoms with Gasteiger partial charge in [-0.1, -0.05) is 18.2 Å². The summed E-state index contributed by atoms with van der Waals surface area (Å²) in [6, 6.07) is 16.9. The number of para-hydroxylation sites is 1. The van der Waals surface area contributed by atoms with Gasteiger partial charge in [0.15, 0.2) is 0 Å². The average Bonchev–Trinajstić information content (AvgIpc) is 2.73. The van der Waals surface area contributed by atoms with E-state index in [9.17, 15) is 12.8 Å². The molecule has 0 atom stereocenters. The maximum Gasteiger partial charge on any atom is 0.264 e. The number of hydrogen-bond donors (Lipinski definition) is 0. The largest absolute Gasteiger partial charge is 0.496 e. The van der Waals surface area contributed by atoms with Crippen molar-refractivity contribution >= 4 is 31.6 Å². The predicted octanol–water partition coefficient (Wildman–Crippen LogP) is 5.00. The lowest BCUT2D eigenvalue weighted by Gasteiger charge is -2.26. The fourth-order valence-electron chi connectivity index (χ4n) is 2.85. The Bertz CT molecular complexity index is 1090. The van der Waals surface area contributed by atoms with E-state index in [-0.39, 0.29) is 11.4 Å². The molecular formula is C21H19BrFNO4S. The van der Waals surface area contributed by atoms with Crippen LogP contribution in [0, 0.1) is 5.82 Å². The van der Waals surface area contributed by atoms with Crippen LogP contribution in [0.25, 0.3) is 0 Å². The molecule has 29 heavy (non-hydrogen) atoms. The van der Waals surface area contributed by atoms with Crippen molar-refractivity contribution in [2.75, 3.05) is 18.5 Å². The van der Waals surface area contributed by atoms with Gasteiger partial charge in [-0.05, 0) is 64.5 Å². The number of sulfonamides is 1. The lowest BCUT2D eigenvalue weighted by Crippen LogP contribution is -2.30. The molecule has 0 aliphatic rings. The first-order valence-electron chi connectivity index (χ1n) is 8.60. The third kappa shape index (κ3) is 4.54. The smallest absolute Gasteiger partial charge is 0.264 e. The molecule has 0 saturated carbocycles. The summed E-state index contributed by atoms with van der Waals surface area (Å²) in [5.74, 6) is 0.551. The molecule has 0 saturated heterocycles. The Morgan fingerprint density at radius 3 is 2.14 bits per heavy atom. The van der Waals surface area contributed by atoms with Crippen molar-refractivity contribution in [2.45, 2.75) is 11.4 Å². The van der Waals surface area contributed by atoms with Gasteiger partial charge in [0.05, 0.1) is 35.8 Å². The number of hydrogen-bond acceptors (Lipinski definition) is 4. The Hall–Kier alpha value is -2.58. The Balaban J connectivity index is 2.12. The topological polar surface area (TPSA) is 55.8 Å². The van der Waals surface area contributed by atoms with Crippen LogP contribution in [-0.4, -0.2) is 22.6 Å². The first-order chi connectivity index (χ1) is 13.9. The van der Waals surface area contributed by atoms with Gasteiger partial charge in [-0.2, -0.15) is 0 Å². The minimum absolute atomic E-state index is 0.00344. The van der Waals surface area contributed by atoms with Crippen molar-refractivity contribution in [2.24, 2.45) is 0 Å². The molecule has 0 amide bonds. The quantitative estimate of drug-likeness (QED) is 0.478. The molecule has 0 unspecified atom stereocenters. The van der Waals surface area contributed by atoms with Crippen molar-refractivity contribution in [3.05, 3.63) is 82.6 Å². The van der Waals surface area contributed by atoms with Gasteiger partial charge in [0.25, 0.3) is 10.0 Å². The van der Waals surface area contributed by atoms with Crippen LogP contribution in [-0.2, 0) is 16.6 Å². The highest BCUT2D eigenvalue weighted by Crippen LogP contribution is 2.35. The summed E-state index contributed by atoms with van der Waals surface area (Å²) in [5, 5.41) is 0. The second kappa shape index (κ2) is 8.84. The van der Waals surface area contributed by atoms with E-state index < -0.39 is 15.8 Å². The van der Waals surface area contributed by atoms with Crippen LogP contribution in [0.3, 0.4) is 0 Å². The minimum atomic E-state index is -3.97. The van der Waals surface area contributed by atoms with Crippen LogP contribution in [0.5, 0.6) is 11.5 Å². The van der Waals surface area contributed by atoms with Gasteiger partial charge in [-0.3, -0.25) is 4.31 Å². The number of nitrogens with zero attached hydrogens (tertiary/aromatic N) is 1. The molecule has 0 heterocycles. The van der Waals surface area contributed by atoms with Crippen LogP contribution in [0.15, 0.2) is 76.1 Å². The van der Waals surface area contributed by atoms with Gasteiger partial charge in [0, 0.05) is 5.56 Å². The van der Waals surface area contributed by atoms with Gasteiger partial charge in [-0.25, -0.2) is 12.8 Å². The molecule has 3 aromatic carbocycles. The van der Waals surface area contributed by atoms with Crippen molar-refractivity contribution in [1.82, 2.24) is 0 Å². The van der Waals surface area contributed by atoms with Crippen LogP contribution in [0.1, 0.15) is 5.56 Å². The summed E-state index contributed by atoms with van der Waals surface area (Å²) in [6.45, 7) is -0.00344. The molecule has 5 nitrogen and oxygen atoms in total. The van der Waals surface area contributed by atoms with Gasteiger partial charge in [0.2, 0.25) is 0 Å². The molecule has 8 heteroatoms. The van der Waals surface area contributed by atoms with Gasteiger partial charge >= 0.3 is 0 Å². The SMILES string of the molecule is COc1cc(CN(c2ccccc2)S(=O)(=O)c2ccc(F)cc2)c(OC)cc1Br. The first kappa shape index (κ1) is 21.1. The highest BCUT2D eigenvalue weighted by molar-refractivity contribution is 9.10. The zero-order chi connectivity index (χ0) is 21.0. The molecule has 0 spiro atoms. The number of halogens is 2. The van der Waals surface area contributed by atoms with E-state index in [4.69, 9.17) is 9.47 Å². The highest BCUT2D eigenvalue weighted by Gasteiger charge is 2.27. The Kier molecular flexibility index (Phi) is 6.44. The molecule has 0 aromatic heterocycles. The van der Waals surface area contributed by atoms with Crippen molar-refractivity contribution in [3.8, 4) is 11.5 Å². The summed E-state index contributed by atoms with van der Waals surface area (Å²) < 4.78 is 52.8. The Labute approximate surface area is 177 Å². The standard InChI is InChI=1S/C21H19BrFNO4S/c1-27-20-13-19(22)21(28-2)12-15(20)14-24(17-6-4-3-5-7-17)29(25,26)18-10-8-16(23)9-11-18/h3-13H,14H2,1-2H3. The van der Waals surface area contributed by atoms with Gasteiger partial charge < -0.3 is 9.47 Å². The zero-order valence-electron chi connectivity index (χ0n) is 15.8. The number of ether oxygens (including phenoxy) is 2. The molecular weight excluding hydrogens is 461 g/mol. The van der Waals surface area contributed by atoms with Gasteiger partial charge in [-0.15, -0.1) is 0 Å². The highest BCUT2D eigenvalue weighted by atomic mass is 79.9. The van der Waals surface area contributed by atoms with E-state index in [1.54, 1.807) is 42.5 Å². The van der Waals surface area contributed by atoms with E-state index in [0.29, 0.717) is 27.2 Å². The Morgan fingerprint density at radius 1 is 0.931 bits per heavy atom. The molecule has 0 fully saturated rings. The summed E-state index contributed by atoms with van der Waals surface area (Å²) in [6.07, 6.45) is 0. The maximum atomic E-state index is 13.4. The predicted molar refractivity (Wildman–Crippen MR) is 113 cm³/mol. The zero-order valence-corrected chi connectivity index (χ0v) is 18.2. The normalized spacial score (nSPS) is 11.2. The van der Waals surface area contributed by atoms with Crippen molar-refractivity contribution < 1.29 is 22.3 Å².